The van der Waals surface area contributed by atoms with Crippen LogP contribution in [0.3, 0.4) is 0 Å². The van der Waals surface area contributed by atoms with E-state index in [4.69, 9.17) is 16.3 Å². The van der Waals surface area contributed by atoms with E-state index in [1.165, 1.54) is 0 Å². The maximum atomic E-state index is 12.0. The molecule has 0 saturated carbocycles. The molecule has 20 heavy (non-hydrogen) atoms. The van der Waals surface area contributed by atoms with Crippen molar-refractivity contribution in [1.29, 1.82) is 0 Å². The Bertz CT molecular complexity index is 609. The van der Waals surface area contributed by atoms with Gasteiger partial charge >= 0.3 is 0 Å². The van der Waals surface area contributed by atoms with Gasteiger partial charge in [-0.3, -0.25) is 4.79 Å². The minimum Gasteiger partial charge on any atom is -0.367 e. The number of nitrogens with zero attached hydrogens (tertiary/aromatic N) is 2. The molecule has 1 aromatic heterocycles. The number of carbonyl (C=O) groups excluding carboxylic acids is 1. The van der Waals surface area contributed by atoms with Gasteiger partial charge in [0, 0.05) is 29.5 Å². The van der Waals surface area contributed by atoms with Crippen molar-refractivity contribution in [2.75, 3.05) is 6.54 Å². The molecule has 1 aliphatic rings. The Kier molecular flexibility index (Phi) is 3.71. The van der Waals surface area contributed by atoms with Crippen LogP contribution in [0.1, 0.15) is 16.2 Å². The number of aromatic nitrogens is 2. The topological polar surface area (TPSA) is 56.2 Å². The molecule has 2 aromatic rings. The molecule has 1 N–H and O–H groups in total. The lowest BCUT2D eigenvalue weighted by Gasteiger charge is -2.24. The number of rotatable bonds is 3. The first kappa shape index (κ1) is 13.1. The number of ether oxygens (including phenoxy) is 1. The fourth-order valence-corrected chi connectivity index (χ4v) is 2.27. The van der Waals surface area contributed by atoms with Crippen molar-refractivity contribution in [3.8, 4) is 0 Å². The SMILES string of the molecule is O=C(NC[C@H]1Cn2ccnc2CO1)c1ccc(Cl)cc1. The van der Waals surface area contributed by atoms with Gasteiger partial charge in [-0.1, -0.05) is 11.6 Å². The van der Waals surface area contributed by atoms with Crippen molar-refractivity contribution in [2.24, 2.45) is 0 Å². The quantitative estimate of drug-likeness (QED) is 0.939. The zero-order valence-electron chi connectivity index (χ0n) is 10.8. The van der Waals surface area contributed by atoms with E-state index in [9.17, 15) is 4.79 Å². The van der Waals surface area contributed by atoms with Crippen LogP contribution in [-0.2, 0) is 17.9 Å². The fourth-order valence-electron chi connectivity index (χ4n) is 2.14. The number of imidazole rings is 1. The summed E-state index contributed by atoms with van der Waals surface area (Å²) in [5, 5.41) is 3.49. The summed E-state index contributed by atoms with van der Waals surface area (Å²) >= 11 is 5.79. The summed E-state index contributed by atoms with van der Waals surface area (Å²) in [7, 11) is 0. The van der Waals surface area contributed by atoms with E-state index in [2.05, 4.69) is 10.3 Å². The monoisotopic (exact) mass is 291 g/mol. The Morgan fingerprint density at radius 2 is 2.25 bits per heavy atom. The van der Waals surface area contributed by atoms with Gasteiger partial charge in [0.2, 0.25) is 0 Å². The van der Waals surface area contributed by atoms with E-state index in [1.807, 2.05) is 10.8 Å². The average Bonchev–Trinajstić information content (AvgIpc) is 2.93. The number of hydrogen-bond donors (Lipinski definition) is 1. The van der Waals surface area contributed by atoms with Crippen LogP contribution < -0.4 is 5.32 Å². The molecule has 0 fully saturated rings. The molecule has 0 radical (unpaired) electrons. The minimum absolute atomic E-state index is 0.0343. The Labute approximate surface area is 121 Å². The highest BCUT2D eigenvalue weighted by molar-refractivity contribution is 6.30. The van der Waals surface area contributed by atoms with Crippen LogP contribution in [0.4, 0.5) is 0 Å². The van der Waals surface area contributed by atoms with Crippen molar-refractivity contribution in [2.45, 2.75) is 19.3 Å². The first-order chi connectivity index (χ1) is 9.72. The fraction of sp³-hybridized carbons (Fsp3) is 0.286. The van der Waals surface area contributed by atoms with Crippen molar-refractivity contribution in [1.82, 2.24) is 14.9 Å². The summed E-state index contributed by atoms with van der Waals surface area (Å²) in [5.41, 5.74) is 0.591. The lowest BCUT2D eigenvalue weighted by Crippen LogP contribution is -2.38. The van der Waals surface area contributed by atoms with Gasteiger partial charge in [0.25, 0.3) is 5.91 Å². The zero-order chi connectivity index (χ0) is 13.9. The predicted molar refractivity (Wildman–Crippen MR) is 74.6 cm³/mol. The van der Waals surface area contributed by atoms with Gasteiger partial charge in [-0.15, -0.1) is 0 Å². The van der Waals surface area contributed by atoms with Crippen LogP contribution >= 0.6 is 11.6 Å². The van der Waals surface area contributed by atoms with Gasteiger partial charge in [0.05, 0.1) is 12.6 Å². The molecule has 1 atom stereocenters. The first-order valence-corrected chi connectivity index (χ1v) is 6.75. The third kappa shape index (κ3) is 2.84. The van der Waals surface area contributed by atoms with Crippen LogP contribution in [0, 0.1) is 0 Å². The Morgan fingerprint density at radius 1 is 1.45 bits per heavy atom. The second kappa shape index (κ2) is 5.64. The number of hydrogen-bond acceptors (Lipinski definition) is 3. The Balaban J connectivity index is 1.55. The third-order valence-electron chi connectivity index (χ3n) is 3.25. The third-order valence-corrected chi connectivity index (χ3v) is 3.50. The number of benzene rings is 1. The van der Waals surface area contributed by atoms with Gasteiger partial charge in [-0.2, -0.15) is 0 Å². The predicted octanol–water partition coefficient (Wildman–Crippen LogP) is 1.87. The van der Waals surface area contributed by atoms with E-state index in [0.717, 1.165) is 5.82 Å². The standard InChI is InChI=1S/C14H14ClN3O2/c15-11-3-1-10(2-4-11)14(19)17-7-12-8-18-6-5-16-13(18)9-20-12/h1-6,12H,7-9H2,(H,17,19)/t12-/m0/s1. The number of amides is 1. The molecular formula is C14H14ClN3O2. The lowest BCUT2D eigenvalue weighted by molar-refractivity contribution is 0.00327. The molecule has 3 rings (SSSR count). The first-order valence-electron chi connectivity index (χ1n) is 6.38. The molecule has 0 unspecified atom stereocenters. The van der Waals surface area contributed by atoms with E-state index in [1.54, 1.807) is 30.5 Å². The van der Waals surface area contributed by atoms with Gasteiger partial charge in [-0.05, 0) is 24.3 Å². The molecule has 0 bridgehead atoms. The second-order valence-electron chi connectivity index (χ2n) is 4.65. The van der Waals surface area contributed by atoms with Crippen molar-refractivity contribution in [3.63, 3.8) is 0 Å². The van der Waals surface area contributed by atoms with Crippen molar-refractivity contribution >= 4 is 17.5 Å². The normalized spacial score (nSPS) is 17.6. The van der Waals surface area contributed by atoms with Crippen LogP contribution in [0.25, 0.3) is 0 Å². The molecule has 2 heterocycles. The van der Waals surface area contributed by atoms with Crippen molar-refractivity contribution < 1.29 is 9.53 Å². The maximum absolute atomic E-state index is 12.0. The summed E-state index contributed by atoms with van der Waals surface area (Å²) < 4.78 is 7.69. The van der Waals surface area contributed by atoms with E-state index < -0.39 is 0 Å². The molecule has 104 valence electrons. The average molecular weight is 292 g/mol. The molecule has 1 aliphatic heterocycles. The molecule has 1 amide bonds. The summed E-state index contributed by atoms with van der Waals surface area (Å²) in [6.45, 7) is 1.66. The number of carbonyl (C=O) groups is 1. The summed E-state index contributed by atoms with van der Waals surface area (Å²) in [4.78, 5) is 16.1. The highest BCUT2D eigenvalue weighted by atomic mass is 35.5. The number of fused-ring (bicyclic) bond motifs is 1. The molecule has 0 spiro atoms. The summed E-state index contributed by atoms with van der Waals surface area (Å²) in [6.07, 6.45) is 3.65. The maximum Gasteiger partial charge on any atom is 0.251 e. The van der Waals surface area contributed by atoms with Crippen molar-refractivity contribution in [3.05, 3.63) is 53.1 Å². The summed E-state index contributed by atoms with van der Waals surface area (Å²) in [5.74, 6) is 0.798. The van der Waals surface area contributed by atoms with Gasteiger partial charge in [-0.25, -0.2) is 4.98 Å². The number of nitrogens with one attached hydrogen (secondary N) is 1. The largest absolute Gasteiger partial charge is 0.367 e. The lowest BCUT2D eigenvalue weighted by atomic mass is 10.2. The van der Waals surface area contributed by atoms with Crippen LogP contribution in [-0.4, -0.2) is 28.1 Å². The van der Waals surface area contributed by atoms with E-state index in [0.29, 0.717) is 30.3 Å². The zero-order valence-corrected chi connectivity index (χ0v) is 11.5. The highest BCUT2D eigenvalue weighted by Gasteiger charge is 2.19. The molecule has 6 heteroatoms. The van der Waals surface area contributed by atoms with E-state index in [-0.39, 0.29) is 12.0 Å². The molecule has 0 saturated heterocycles. The van der Waals surface area contributed by atoms with Crippen LogP contribution in [0.15, 0.2) is 36.7 Å². The Morgan fingerprint density at radius 3 is 3.05 bits per heavy atom. The highest BCUT2D eigenvalue weighted by Crippen LogP contribution is 2.12. The Hall–Kier alpha value is -1.85. The van der Waals surface area contributed by atoms with Gasteiger partial charge in [0.1, 0.15) is 12.4 Å². The van der Waals surface area contributed by atoms with Gasteiger partial charge < -0.3 is 14.6 Å². The smallest absolute Gasteiger partial charge is 0.251 e. The van der Waals surface area contributed by atoms with Crippen LogP contribution in [0.2, 0.25) is 5.02 Å². The number of halogens is 1. The molecule has 1 aromatic carbocycles. The summed E-state index contributed by atoms with van der Waals surface area (Å²) in [6, 6.07) is 6.80. The second-order valence-corrected chi connectivity index (χ2v) is 5.08. The molecule has 0 aliphatic carbocycles. The minimum atomic E-state index is -0.123. The van der Waals surface area contributed by atoms with E-state index >= 15 is 0 Å². The molecular weight excluding hydrogens is 278 g/mol. The van der Waals surface area contributed by atoms with Gasteiger partial charge in [0.15, 0.2) is 0 Å². The molecule has 5 nitrogen and oxygen atoms in total. The van der Waals surface area contributed by atoms with Crippen LogP contribution in [0.5, 0.6) is 0 Å².